The molecule has 2 unspecified atom stereocenters. The van der Waals surface area contributed by atoms with E-state index < -0.39 is 27.2 Å². The minimum atomic E-state index is -4.64. The number of fused-ring (bicyclic) bond motifs is 1. The fourth-order valence-electron chi connectivity index (χ4n) is 4.72. The van der Waals surface area contributed by atoms with Crippen LogP contribution in [0.2, 0.25) is 5.02 Å². The molecule has 2 aromatic carbocycles. The lowest BCUT2D eigenvalue weighted by Crippen LogP contribution is -2.31. The first kappa shape index (κ1) is 29.4. The summed E-state index contributed by atoms with van der Waals surface area (Å²) >= 11 is 6.97. The Hall–Kier alpha value is -4.13. The van der Waals surface area contributed by atoms with Gasteiger partial charge >= 0.3 is 6.18 Å². The van der Waals surface area contributed by atoms with E-state index in [0.717, 1.165) is 12.3 Å². The number of aryl methyl sites for hydroxylation is 1. The molecule has 3 aromatic heterocycles. The Morgan fingerprint density at radius 3 is 2.31 bits per heavy atom. The third-order valence-electron chi connectivity index (χ3n) is 6.67. The van der Waals surface area contributed by atoms with Crippen molar-refractivity contribution < 1.29 is 27.2 Å². The monoisotopic (exact) mass is 615 g/mol. The second-order valence-electron chi connectivity index (χ2n) is 9.76. The summed E-state index contributed by atoms with van der Waals surface area (Å²) in [5.74, 6) is 3.85. The SMILES string of the molecule is C=S(C)(=O)Nc1ccc(-c2c(OC)nc3ccc(C(O)(c4ccc(C(F)(F)F)nc4)c4cncn4C)cc3c2Cl)cc1. The molecule has 0 aliphatic heterocycles. The summed E-state index contributed by atoms with van der Waals surface area (Å²) in [7, 11) is 0.644. The first-order valence-corrected chi connectivity index (χ1v) is 14.8. The van der Waals surface area contributed by atoms with Gasteiger partial charge in [-0.05, 0) is 47.3 Å². The molecule has 0 bridgehead atoms. The van der Waals surface area contributed by atoms with Gasteiger partial charge in [-0.2, -0.15) is 13.2 Å². The predicted molar refractivity (Wildman–Crippen MR) is 158 cm³/mol. The maximum atomic E-state index is 13.2. The number of rotatable bonds is 7. The van der Waals surface area contributed by atoms with Crippen LogP contribution in [0.4, 0.5) is 18.9 Å². The quantitative estimate of drug-likeness (QED) is 0.229. The third-order valence-corrected chi connectivity index (χ3v) is 7.73. The Labute approximate surface area is 244 Å². The van der Waals surface area contributed by atoms with Crippen molar-refractivity contribution in [2.24, 2.45) is 7.05 Å². The number of imidazole rings is 1. The number of halogens is 4. The van der Waals surface area contributed by atoms with Crippen LogP contribution in [-0.2, 0) is 28.5 Å². The van der Waals surface area contributed by atoms with Crippen molar-refractivity contribution in [3.63, 3.8) is 0 Å². The molecule has 0 aliphatic carbocycles. The normalized spacial score (nSPS) is 14.8. The van der Waals surface area contributed by atoms with Crippen LogP contribution >= 0.6 is 11.6 Å². The van der Waals surface area contributed by atoms with E-state index in [1.165, 1.54) is 32.0 Å². The van der Waals surface area contributed by atoms with Crippen LogP contribution in [0, 0.1) is 0 Å². The zero-order valence-electron chi connectivity index (χ0n) is 22.6. The highest BCUT2D eigenvalue weighted by Gasteiger charge is 2.39. The zero-order chi connectivity index (χ0) is 30.4. The van der Waals surface area contributed by atoms with Crippen LogP contribution in [0.15, 0.2) is 73.3 Å². The highest BCUT2D eigenvalue weighted by molar-refractivity contribution is 8.00. The average Bonchev–Trinajstić information content (AvgIpc) is 3.38. The van der Waals surface area contributed by atoms with Gasteiger partial charge in [0.2, 0.25) is 5.88 Å². The van der Waals surface area contributed by atoms with Crippen LogP contribution in [0.25, 0.3) is 22.0 Å². The Balaban J connectivity index is 1.69. The molecule has 0 fully saturated rings. The van der Waals surface area contributed by atoms with Crippen LogP contribution in [-0.4, -0.2) is 48.1 Å². The van der Waals surface area contributed by atoms with Crippen LogP contribution in [0.5, 0.6) is 5.88 Å². The summed E-state index contributed by atoms with van der Waals surface area (Å²) in [6, 6.07) is 13.8. The molecule has 0 saturated heterocycles. The van der Waals surface area contributed by atoms with E-state index in [4.69, 9.17) is 16.3 Å². The van der Waals surface area contributed by atoms with Gasteiger partial charge in [-0.1, -0.05) is 35.9 Å². The number of pyridine rings is 2. The van der Waals surface area contributed by atoms with Gasteiger partial charge in [-0.25, -0.2) is 14.2 Å². The molecule has 0 amide bonds. The number of aromatic nitrogens is 4. The van der Waals surface area contributed by atoms with Crippen molar-refractivity contribution in [2.45, 2.75) is 11.8 Å². The molecule has 2 N–H and O–H groups in total. The standard InChI is InChI=1S/C29H25ClF3N5O3S/c1-38-16-34-15-24(38)28(39,19-8-12-23(35-14-19)29(31,32)33)18-7-11-22-21(13-18)26(30)25(27(36-22)41-2)17-5-9-20(10-6-17)37-42(3,4)40/h5-16,39H,3H2,1-2,4H3,(H,37,40). The highest BCUT2D eigenvalue weighted by Crippen LogP contribution is 2.43. The Kier molecular flexibility index (Phi) is 7.42. The van der Waals surface area contributed by atoms with Gasteiger partial charge in [0.1, 0.15) is 5.69 Å². The highest BCUT2D eigenvalue weighted by atomic mass is 35.5. The van der Waals surface area contributed by atoms with Gasteiger partial charge in [-0.15, -0.1) is 0 Å². The summed E-state index contributed by atoms with van der Waals surface area (Å²) in [5, 5.41) is 13.0. The van der Waals surface area contributed by atoms with E-state index in [9.17, 15) is 22.5 Å². The molecule has 5 rings (SSSR count). The number of anilines is 1. The molecule has 0 radical (unpaired) electrons. The van der Waals surface area contributed by atoms with Gasteiger partial charge in [0.25, 0.3) is 0 Å². The molecule has 42 heavy (non-hydrogen) atoms. The van der Waals surface area contributed by atoms with E-state index >= 15 is 0 Å². The van der Waals surface area contributed by atoms with Gasteiger partial charge in [0, 0.05) is 45.8 Å². The molecular weight excluding hydrogens is 591 g/mol. The first-order chi connectivity index (χ1) is 19.7. The molecule has 5 aromatic rings. The number of alkyl halides is 3. The van der Waals surface area contributed by atoms with E-state index in [0.29, 0.717) is 39.0 Å². The number of hydrogen-bond acceptors (Lipinski definition) is 6. The second-order valence-corrected chi connectivity index (χ2v) is 12.3. The lowest BCUT2D eigenvalue weighted by atomic mass is 9.83. The van der Waals surface area contributed by atoms with E-state index in [2.05, 4.69) is 25.5 Å². The molecule has 0 aliphatic rings. The summed E-state index contributed by atoms with van der Waals surface area (Å²) in [5.41, 5.74) is -0.160. The predicted octanol–water partition coefficient (Wildman–Crippen LogP) is 5.67. The minimum absolute atomic E-state index is 0.0947. The largest absolute Gasteiger partial charge is 0.480 e. The number of benzene rings is 2. The zero-order valence-corrected chi connectivity index (χ0v) is 24.2. The van der Waals surface area contributed by atoms with Crippen molar-refractivity contribution in [3.8, 4) is 17.0 Å². The lowest BCUT2D eigenvalue weighted by Gasteiger charge is -2.30. The topological polar surface area (TPSA) is 102 Å². The fourth-order valence-corrected chi connectivity index (χ4v) is 5.70. The number of nitrogens with one attached hydrogen (secondary N) is 1. The number of nitrogens with zero attached hydrogens (tertiary/aromatic N) is 4. The van der Waals surface area contributed by atoms with Crippen LogP contribution in [0.1, 0.15) is 22.5 Å². The summed E-state index contributed by atoms with van der Waals surface area (Å²) in [6.45, 7) is 0. The summed E-state index contributed by atoms with van der Waals surface area (Å²) in [4.78, 5) is 12.3. The number of hydrogen-bond donors (Lipinski definition) is 2. The maximum Gasteiger partial charge on any atom is 0.433 e. The molecule has 0 saturated carbocycles. The van der Waals surface area contributed by atoms with Crippen molar-refractivity contribution in [1.29, 1.82) is 0 Å². The Morgan fingerprint density at radius 2 is 1.76 bits per heavy atom. The fraction of sp³-hybridized carbons (Fsp3) is 0.172. The molecule has 8 nitrogen and oxygen atoms in total. The number of ether oxygens (including phenoxy) is 1. The summed E-state index contributed by atoms with van der Waals surface area (Å²) < 4.78 is 61.7. The smallest absolute Gasteiger partial charge is 0.433 e. The van der Waals surface area contributed by atoms with Crippen LogP contribution < -0.4 is 9.46 Å². The van der Waals surface area contributed by atoms with Crippen molar-refractivity contribution in [1.82, 2.24) is 19.5 Å². The first-order valence-electron chi connectivity index (χ1n) is 12.3. The van der Waals surface area contributed by atoms with E-state index in [1.807, 2.05) is 0 Å². The van der Waals surface area contributed by atoms with Gasteiger partial charge in [0.15, 0.2) is 5.60 Å². The molecule has 218 valence electrons. The van der Waals surface area contributed by atoms with E-state index in [-0.39, 0.29) is 16.5 Å². The Bertz CT molecular complexity index is 1890. The van der Waals surface area contributed by atoms with Gasteiger partial charge < -0.3 is 19.1 Å². The lowest BCUT2D eigenvalue weighted by molar-refractivity contribution is -0.141. The molecule has 13 heteroatoms. The second kappa shape index (κ2) is 10.6. The van der Waals surface area contributed by atoms with E-state index in [1.54, 1.807) is 54.1 Å². The summed E-state index contributed by atoms with van der Waals surface area (Å²) in [6.07, 6.45) is 0.740. The van der Waals surface area contributed by atoms with Gasteiger partial charge in [-0.3, -0.25) is 4.98 Å². The number of methoxy groups -OCH3 is 1. The number of aliphatic hydroxyl groups is 1. The minimum Gasteiger partial charge on any atom is -0.480 e. The van der Waals surface area contributed by atoms with Crippen molar-refractivity contribution in [2.75, 3.05) is 18.1 Å². The maximum absolute atomic E-state index is 13.2. The van der Waals surface area contributed by atoms with Gasteiger partial charge in [0.05, 0.1) is 41.4 Å². The van der Waals surface area contributed by atoms with Crippen molar-refractivity contribution in [3.05, 3.63) is 101 Å². The third kappa shape index (κ3) is 5.40. The average molecular weight is 616 g/mol. The molecular formula is C29H25ClF3N5O3S. The van der Waals surface area contributed by atoms with Crippen molar-refractivity contribution >= 4 is 43.8 Å². The molecule has 3 heterocycles. The van der Waals surface area contributed by atoms with Crippen LogP contribution in [0.3, 0.4) is 0 Å². The Morgan fingerprint density at radius 1 is 1.07 bits per heavy atom. The molecule has 0 spiro atoms. The molecule has 2 atom stereocenters.